The Hall–Kier alpha value is -2.27. The molecule has 4 rings (SSSR count). The number of fused-ring (bicyclic) bond motifs is 1. The van der Waals surface area contributed by atoms with Crippen LogP contribution in [0.4, 0.5) is 5.00 Å². The molecule has 0 spiro atoms. The van der Waals surface area contributed by atoms with Crippen molar-refractivity contribution in [2.75, 3.05) is 26.0 Å². The lowest BCUT2D eigenvalue weighted by molar-refractivity contribution is 0.0600. The van der Waals surface area contributed by atoms with Gasteiger partial charge in [0, 0.05) is 42.7 Å². The number of sulfonamides is 1. The van der Waals surface area contributed by atoms with Crippen molar-refractivity contribution in [2.45, 2.75) is 75.9 Å². The Bertz CT molecular complexity index is 1210. The minimum absolute atomic E-state index is 0.0138. The summed E-state index contributed by atoms with van der Waals surface area (Å²) in [6.07, 6.45) is 5.69. The van der Waals surface area contributed by atoms with Crippen molar-refractivity contribution >= 4 is 38.2 Å². The molecular formula is C26H35N3O5S2. The maximum Gasteiger partial charge on any atom is 0.341 e. The first-order valence-electron chi connectivity index (χ1n) is 12.5. The van der Waals surface area contributed by atoms with Crippen LogP contribution >= 0.6 is 11.3 Å². The van der Waals surface area contributed by atoms with E-state index in [0.717, 1.165) is 55.6 Å². The van der Waals surface area contributed by atoms with E-state index in [1.54, 1.807) is 7.05 Å². The maximum atomic E-state index is 13.1. The lowest BCUT2D eigenvalue weighted by atomic mass is 9.96. The van der Waals surface area contributed by atoms with Gasteiger partial charge < -0.3 is 10.1 Å². The summed E-state index contributed by atoms with van der Waals surface area (Å²) < 4.78 is 32.7. The average Bonchev–Trinajstić information content (AvgIpc) is 3.25. The SMILES string of the molecule is COC(=O)c1c(NC(=O)c2ccc(S(=O)(=O)N(C)C3CCCCC3)cc2)sc2c1CCN(C(C)C)C2. The van der Waals surface area contributed by atoms with Gasteiger partial charge in [-0.05, 0) is 62.9 Å². The Morgan fingerprint density at radius 2 is 1.81 bits per heavy atom. The van der Waals surface area contributed by atoms with Crippen LogP contribution in [0.1, 0.15) is 77.1 Å². The van der Waals surface area contributed by atoms with Crippen molar-refractivity contribution in [2.24, 2.45) is 0 Å². The molecular weight excluding hydrogens is 498 g/mol. The molecule has 2 aromatic rings. The number of hydrogen-bond donors (Lipinski definition) is 1. The van der Waals surface area contributed by atoms with Crippen molar-refractivity contribution in [1.29, 1.82) is 0 Å². The molecule has 0 saturated heterocycles. The van der Waals surface area contributed by atoms with Gasteiger partial charge in [-0.3, -0.25) is 9.69 Å². The highest BCUT2D eigenvalue weighted by Crippen LogP contribution is 2.38. The minimum Gasteiger partial charge on any atom is -0.465 e. The van der Waals surface area contributed by atoms with E-state index in [0.29, 0.717) is 28.6 Å². The molecule has 1 saturated carbocycles. The molecule has 1 aromatic carbocycles. The number of hydrogen-bond acceptors (Lipinski definition) is 7. The summed E-state index contributed by atoms with van der Waals surface area (Å²) in [4.78, 5) is 29.2. The van der Waals surface area contributed by atoms with Crippen molar-refractivity contribution in [1.82, 2.24) is 9.21 Å². The Balaban J connectivity index is 1.53. The van der Waals surface area contributed by atoms with Gasteiger partial charge in [-0.25, -0.2) is 13.2 Å². The third-order valence-electron chi connectivity index (χ3n) is 7.32. The zero-order valence-corrected chi connectivity index (χ0v) is 23.0. The number of amides is 1. The van der Waals surface area contributed by atoms with Gasteiger partial charge in [0.2, 0.25) is 10.0 Å². The van der Waals surface area contributed by atoms with Crippen molar-refractivity contribution in [3.05, 3.63) is 45.8 Å². The molecule has 1 amide bonds. The average molecular weight is 534 g/mol. The zero-order chi connectivity index (χ0) is 26.0. The lowest BCUT2D eigenvalue weighted by Gasteiger charge is -2.30. The molecule has 0 atom stereocenters. The standard InChI is InChI=1S/C26H35N3O5S2/c1-17(2)29-15-14-21-22(16-29)35-25(23(21)26(31)34-4)27-24(30)18-10-12-20(13-11-18)36(32,33)28(3)19-8-6-5-7-9-19/h10-13,17,19H,5-9,14-16H2,1-4H3,(H,27,30). The van der Waals surface area contributed by atoms with E-state index in [1.165, 1.54) is 47.0 Å². The topological polar surface area (TPSA) is 96.0 Å². The third kappa shape index (κ3) is 5.37. The molecule has 2 aliphatic rings. The second-order valence-electron chi connectivity index (χ2n) is 9.81. The van der Waals surface area contributed by atoms with Gasteiger partial charge in [-0.1, -0.05) is 19.3 Å². The van der Waals surface area contributed by atoms with Gasteiger partial charge in [0.25, 0.3) is 5.91 Å². The predicted octanol–water partition coefficient (Wildman–Crippen LogP) is 4.51. The molecule has 0 bridgehead atoms. The Morgan fingerprint density at radius 1 is 1.14 bits per heavy atom. The fraction of sp³-hybridized carbons (Fsp3) is 0.538. The number of thiophene rings is 1. The van der Waals surface area contributed by atoms with Crippen LogP contribution in [0.25, 0.3) is 0 Å². The molecule has 1 aromatic heterocycles. The summed E-state index contributed by atoms with van der Waals surface area (Å²) in [6, 6.07) is 6.38. The number of esters is 1. The van der Waals surface area contributed by atoms with Gasteiger partial charge in [0.1, 0.15) is 5.00 Å². The molecule has 10 heteroatoms. The molecule has 2 heterocycles. The fourth-order valence-corrected chi connectivity index (χ4v) is 7.70. The molecule has 0 radical (unpaired) electrons. The zero-order valence-electron chi connectivity index (χ0n) is 21.4. The summed E-state index contributed by atoms with van der Waals surface area (Å²) in [5, 5.41) is 3.35. The second-order valence-corrected chi connectivity index (χ2v) is 12.9. The number of rotatable bonds is 7. The number of anilines is 1. The van der Waals surface area contributed by atoms with Gasteiger partial charge >= 0.3 is 5.97 Å². The van der Waals surface area contributed by atoms with E-state index in [4.69, 9.17) is 4.74 Å². The van der Waals surface area contributed by atoms with Crippen LogP contribution in [-0.4, -0.2) is 62.3 Å². The van der Waals surface area contributed by atoms with Crippen LogP contribution in [0, 0.1) is 0 Å². The second kappa shape index (κ2) is 11.0. The molecule has 36 heavy (non-hydrogen) atoms. The fourth-order valence-electron chi connectivity index (χ4n) is 5.03. The van der Waals surface area contributed by atoms with E-state index in [1.807, 2.05) is 0 Å². The van der Waals surface area contributed by atoms with Crippen molar-refractivity contribution in [3.8, 4) is 0 Å². The normalized spacial score (nSPS) is 17.3. The number of nitrogens with one attached hydrogen (secondary N) is 1. The minimum atomic E-state index is -3.64. The highest BCUT2D eigenvalue weighted by atomic mass is 32.2. The number of nitrogens with zero attached hydrogens (tertiary/aromatic N) is 2. The number of carbonyl (C=O) groups is 2. The monoisotopic (exact) mass is 533 g/mol. The number of carbonyl (C=O) groups excluding carboxylic acids is 2. The molecule has 1 aliphatic heterocycles. The summed E-state index contributed by atoms with van der Waals surface area (Å²) in [6.45, 7) is 5.83. The number of ether oxygens (including phenoxy) is 1. The Kier molecular flexibility index (Phi) is 8.18. The van der Waals surface area contributed by atoms with Gasteiger partial charge in [0.05, 0.1) is 17.6 Å². The van der Waals surface area contributed by atoms with Crippen LogP contribution < -0.4 is 5.32 Å². The number of methoxy groups -OCH3 is 1. The summed E-state index contributed by atoms with van der Waals surface area (Å²) in [5.41, 5.74) is 1.68. The van der Waals surface area contributed by atoms with E-state index in [-0.39, 0.29) is 10.9 Å². The third-order valence-corrected chi connectivity index (χ3v) is 10.4. The van der Waals surface area contributed by atoms with Crippen LogP contribution in [0.2, 0.25) is 0 Å². The Morgan fingerprint density at radius 3 is 2.42 bits per heavy atom. The first kappa shape index (κ1) is 26.8. The summed E-state index contributed by atoms with van der Waals surface area (Å²) >= 11 is 1.40. The molecule has 1 N–H and O–H groups in total. The first-order chi connectivity index (χ1) is 17.1. The highest BCUT2D eigenvalue weighted by Gasteiger charge is 2.31. The number of benzene rings is 1. The van der Waals surface area contributed by atoms with Crippen LogP contribution in [-0.2, 0) is 27.7 Å². The first-order valence-corrected chi connectivity index (χ1v) is 14.8. The van der Waals surface area contributed by atoms with E-state index in [9.17, 15) is 18.0 Å². The summed E-state index contributed by atoms with van der Waals surface area (Å²) in [7, 11) is -0.662. The van der Waals surface area contributed by atoms with E-state index >= 15 is 0 Å². The van der Waals surface area contributed by atoms with E-state index < -0.39 is 21.9 Å². The molecule has 1 aliphatic carbocycles. The largest absolute Gasteiger partial charge is 0.465 e. The molecule has 1 fully saturated rings. The van der Waals surface area contributed by atoms with Crippen molar-refractivity contribution < 1.29 is 22.7 Å². The molecule has 8 nitrogen and oxygen atoms in total. The smallest absolute Gasteiger partial charge is 0.341 e. The van der Waals surface area contributed by atoms with Gasteiger partial charge in [0.15, 0.2) is 0 Å². The van der Waals surface area contributed by atoms with Gasteiger partial charge in [-0.2, -0.15) is 4.31 Å². The molecule has 0 unspecified atom stereocenters. The highest BCUT2D eigenvalue weighted by molar-refractivity contribution is 7.89. The predicted molar refractivity (Wildman–Crippen MR) is 141 cm³/mol. The van der Waals surface area contributed by atoms with E-state index in [2.05, 4.69) is 24.1 Å². The van der Waals surface area contributed by atoms with Crippen LogP contribution in [0.3, 0.4) is 0 Å². The molecule has 196 valence electrons. The van der Waals surface area contributed by atoms with Crippen LogP contribution in [0.15, 0.2) is 29.2 Å². The quantitative estimate of drug-likeness (QED) is 0.526. The summed E-state index contributed by atoms with van der Waals surface area (Å²) in [5.74, 6) is -0.864. The maximum absolute atomic E-state index is 13.1. The Labute approximate surface area is 217 Å². The lowest BCUT2D eigenvalue weighted by Crippen LogP contribution is -2.38. The van der Waals surface area contributed by atoms with Crippen LogP contribution in [0.5, 0.6) is 0 Å². The van der Waals surface area contributed by atoms with Gasteiger partial charge in [-0.15, -0.1) is 11.3 Å². The van der Waals surface area contributed by atoms with Crippen molar-refractivity contribution in [3.63, 3.8) is 0 Å².